The van der Waals surface area contributed by atoms with Crippen molar-refractivity contribution in [2.45, 2.75) is 51.4 Å². The second-order valence-corrected chi connectivity index (χ2v) is 10.8. The first-order valence-corrected chi connectivity index (χ1v) is 13.6. The number of aromatic nitrogens is 3. The fourth-order valence-electron chi connectivity index (χ4n) is 4.03. The summed E-state index contributed by atoms with van der Waals surface area (Å²) in [4.78, 5) is 26.4. The highest BCUT2D eigenvalue weighted by atomic mass is 35.5. The van der Waals surface area contributed by atoms with Crippen LogP contribution in [0.3, 0.4) is 0 Å². The van der Waals surface area contributed by atoms with Crippen molar-refractivity contribution in [3.05, 3.63) is 50.9 Å². The zero-order valence-corrected chi connectivity index (χ0v) is 22.5. The van der Waals surface area contributed by atoms with Gasteiger partial charge in [0.15, 0.2) is 11.0 Å². The molecular formula is C24H26ClFN4O4S2. The summed E-state index contributed by atoms with van der Waals surface area (Å²) in [5.74, 6) is 0.388. The van der Waals surface area contributed by atoms with E-state index in [0.717, 1.165) is 29.7 Å². The molecule has 8 nitrogen and oxygen atoms in total. The number of hydrogen-bond acceptors (Lipinski definition) is 8. The smallest absolute Gasteiger partial charge is 0.341 e. The van der Waals surface area contributed by atoms with Gasteiger partial charge in [0.2, 0.25) is 5.91 Å². The van der Waals surface area contributed by atoms with Crippen molar-refractivity contribution in [3.8, 4) is 5.75 Å². The molecule has 0 saturated heterocycles. The third-order valence-corrected chi connectivity index (χ3v) is 8.28. The van der Waals surface area contributed by atoms with Gasteiger partial charge in [0.05, 0.1) is 23.4 Å². The van der Waals surface area contributed by atoms with Gasteiger partial charge in [0.1, 0.15) is 23.2 Å². The summed E-state index contributed by atoms with van der Waals surface area (Å²) in [5.41, 5.74) is 1.46. The van der Waals surface area contributed by atoms with E-state index >= 15 is 0 Å². The van der Waals surface area contributed by atoms with Crippen molar-refractivity contribution >= 4 is 51.6 Å². The highest BCUT2D eigenvalue weighted by molar-refractivity contribution is 7.99. The van der Waals surface area contributed by atoms with E-state index in [1.54, 1.807) is 0 Å². The van der Waals surface area contributed by atoms with Crippen LogP contribution in [-0.4, -0.2) is 39.5 Å². The van der Waals surface area contributed by atoms with Crippen LogP contribution in [0.15, 0.2) is 23.4 Å². The third kappa shape index (κ3) is 5.84. The molecule has 1 unspecified atom stereocenters. The number of fused-ring (bicyclic) bond motifs is 1. The van der Waals surface area contributed by atoms with Crippen LogP contribution in [0.25, 0.3) is 0 Å². The molecule has 12 heteroatoms. The number of nitrogens with zero attached hydrogens (tertiary/aromatic N) is 3. The summed E-state index contributed by atoms with van der Waals surface area (Å²) in [7, 11) is 1.35. The van der Waals surface area contributed by atoms with Crippen LogP contribution in [0.2, 0.25) is 5.02 Å². The Balaban J connectivity index is 1.41. The Morgan fingerprint density at radius 2 is 2.17 bits per heavy atom. The van der Waals surface area contributed by atoms with Crippen molar-refractivity contribution in [2.75, 3.05) is 18.2 Å². The molecule has 0 aliphatic heterocycles. The first-order chi connectivity index (χ1) is 17.3. The minimum atomic E-state index is -0.447. The highest BCUT2D eigenvalue weighted by Gasteiger charge is 2.29. The number of hydrogen-bond donors (Lipinski definition) is 1. The van der Waals surface area contributed by atoms with Crippen molar-refractivity contribution in [1.82, 2.24) is 14.8 Å². The van der Waals surface area contributed by atoms with E-state index in [1.165, 1.54) is 48.4 Å². The average molecular weight is 553 g/mol. The quantitative estimate of drug-likeness (QED) is 0.281. The predicted octanol–water partition coefficient (Wildman–Crippen LogP) is 5.37. The fourth-order valence-corrected chi connectivity index (χ4v) is 6.49. The molecule has 0 bridgehead atoms. The lowest BCUT2D eigenvalue weighted by atomic mass is 9.88. The second kappa shape index (κ2) is 11.6. The van der Waals surface area contributed by atoms with Gasteiger partial charge in [0.25, 0.3) is 0 Å². The largest absolute Gasteiger partial charge is 0.484 e. The van der Waals surface area contributed by atoms with Crippen LogP contribution in [-0.2, 0) is 35.5 Å². The Labute approximate surface area is 221 Å². The van der Waals surface area contributed by atoms with E-state index in [-0.39, 0.29) is 23.3 Å². The molecule has 4 rings (SSSR count). The third-order valence-electron chi connectivity index (χ3n) is 5.85. The van der Waals surface area contributed by atoms with Gasteiger partial charge in [-0.1, -0.05) is 30.3 Å². The molecule has 0 fully saturated rings. The monoisotopic (exact) mass is 552 g/mol. The molecular weight excluding hydrogens is 527 g/mol. The summed E-state index contributed by atoms with van der Waals surface area (Å²) < 4.78 is 25.8. The van der Waals surface area contributed by atoms with Crippen LogP contribution in [0.4, 0.5) is 9.39 Å². The van der Waals surface area contributed by atoms with Gasteiger partial charge in [-0.2, -0.15) is 0 Å². The first-order valence-electron chi connectivity index (χ1n) is 11.5. The maximum absolute atomic E-state index is 13.3. The Morgan fingerprint density at radius 1 is 1.36 bits per heavy atom. The number of anilines is 1. The van der Waals surface area contributed by atoms with Crippen LogP contribution in [0.1, 0.15) is 46.9 Å². The number of amides is 1. The number of esters is 1. The molecule has 1 aliphatic rings. The van der Waals surface area contributed by atoms with E-state index < -0.39 is 11.8 Å². The van der Waals surface area contributed by atoms with Crippen LogP contribution in [0.5, 0.6) is 5.75 Å². The lowest BCUT2D eigenvalue weighted by Crippen LogP contribution is -2.17. The Hall–Kier alpha value is -2.63. The van der Waals surface area contributed by atoms with E-state index in [1.807, 2.05) is 11.5 Å². The maximum atomic E-state index is 13.3. The molecule has 0 saturated carbocycles. The average Bonchev–Trinajstić information content (AvgIpc) is 3.41. The van der Waals surface area contributed by atoms with Gasteiger partial charge >= 0.3 is 5.97 Å². The van der Waals surface area contributed by atoms with Crippen molar-refractivity contribution in [1.29, 1.82) is 0 Å². The number of nitrogens with one attached hydrogen (secondary N) is 1. The number of methoxy groups -OCH3 is 1. The van der Waals surface area contributed by atoms with E-state index in [9.17, 15) is 14.0 Å². The van der Waals surface area contributed by atoms with Gasteiger partial charge in [-0.3, -0.25) is 4.79 Å². The maximum Gasteiger partial charge on any atom is 0.341 e. The molecule has 0 spiro atoms. The number of halogens is 2. The summed E-state index contributed by atoms with van der Waals surface area (Å²) in [5, 5.41) is 12.5. The predicted molar refractivity (Wildman–Crippen MR) is 138 cm³/mol. The molecule has 0 radical (unpaired) electrons. The normalized spacial score (nSPS) is 14.9. The number of benzene rings is 1. The highest BCUT2D eigenvalue weighted by Crippen LogP contribution is 2.40. The van der Waals surface area contributed by atoms with Gasteiger partial charge < -0.3 is 19.4 Å². The van der Waals surface area contributed by atoms with Gasteiger partial charge in [0, 0.05) is 11.4 Å². The van der Waals surface area contributed by atoms with E-state index in [2.05, 4.69) is 22.4 Å². The lowest BCUT2D eigenvalue weighted by Gasteiger charge is -2.18. The van der Waals surface area contributed by atoms with Crippen molar-refractivity contribution in [3.63, 3.8) is 0 Å². The number of thiophene rings is 1. The number of carbonyl (C=O) groups is 2. The van der Waals surface area contributed by atoms with Gasteiger partial charge in [-0.05, 0) is 55.9 Å². The summed E-state index contributed by atoms with van der Waals surface area (Å²) in [6.45, 7) is 4.77. The van der Waals surface area contributed by atoms with Crippen LogP contribution < -0.4 is 10.1 Å². The number of rotatable bonds is 9. The van der Waals surface area contributed by atoms with Crippen LogP contribution in [0, 0.1) is 11.7 Å². The molecule has 1 aromatic carbocycles. The Kier molecular flexibility index (Phi) is 8.53. The molecule has 3 aromatic rings. The zero-order valence-electron chi connectivity index (χ0n) is 20.1. The molecule has 2 aromatic heterocycles. The molecule has 1 atom stereocenters. The summed E-state index contributed by atoms with van der Waals surface area (Å²) in [6.07, 6.45) is 2.70. The first kappa shape index (κ1) is 26.4. The minimum Gasteiger partial charge on any atom is -0.484 e. The molecule has 1 amide bonds. The molecule has 2 heterocycles. The summed E-state index contributed by atoms with van der Waals surface area (Å²) >= 11 is 8.71. The fraction of sp³-hybridized carbons (Fsp3) is 0.417. The van der Waals surface area contributed by atoms with E-state index in [0.29, 0.717) is 39.8 Å². The molecule has 36 heavy (non-hydrogen) atoms. The van der Waals surface area contributed by atoms with Gasteiger partial charge in [-0.15, -0.1) is 21.5 Å². The Bertz CT molecular complexity index is 1280. The van der Waals surface area contributed by atoms with E-state index in [4.69, 9.17) is 21.1 Å². The molecule has 1 aliphatic carbocycles. The second-order valence-electron chi connectivity index (χ2n) is 8.39. The topological polar surface area (TPSA) is 95.3 Å². The standard InChI is InChI=1S/C24H26ClFN4O4S2/c1-4-30-19(11-34-17-8-6-14(26)10-16(17)25)28-29-24(30)35-12-20(31)27-22-21(23(32)33-3)15-7-5-13(2)9-18(15)36-22/h6,8,10,13H,4-5,7,9,11-12H2,1-3H3,(H,27,31). The number of thioether (sulfide) groups is 1. The van der Waals surface area contributed by atoms with Crippen molar-refractivity contribution in [2.24, 2.45) is 5.92 Å². The molecule has 1 N–H and O–H groups in total. The lowest BCUT2D eigenvalue weighted by molar-refractivity contribution is -0.113. The number of ether oxygens (including phenoxy) is 2. The summed E-state index contributed by atoms with van der Waals surface area (Å²) in [6, 6.07) is 3.90. The SMILES string of the molecule is CCn1c(COc2ccc(F)cc2Cl)nnc1SCC(=O)Nc1sc2c(c1C(=O)OC)CCC(C)C2. The Morgan fingerprint density at radius 3 is 2.89 bits per heavy atom. The zero-order chi connectivity index (χ0) is 25.8. The number of carbonyl (C=O) groups excluding carboxylic acids is 2. The molecule has 192 valence electrons. The van der Waals surface area contributed by atoms with Gasteiger partial charge in [-0.25, -0.2) is 9.18 Å². The van der Waals surface area contributed by atoms with Crippen LogP contribution >= 0.6 is 34.7 Å². The van der Waals surface area contributed by atoms with Crippen molar-refractivity contribution < 1.29 is 23.5 Å². The minimum absolute atomic E-state index is 0.0839.